The Balaban J connectivity index is 2.03. The van der Waals surface area contributed by atoms with E-state index in [1.54, 1.807) is 18.2 Å². The summed E-state index contributed by atoms with van der Waals surface area (Å²) in [5.74, 6) is -1.25. The van der Waals surface area contributed by atoms with Gasteiger partial charge in [0.25, 0.3) is 5.56 Å². The average molecular weight is 350 g/mol. The molecule has 0 saturated heterocycles. The van der Waals surface area contributed by atoms with Crippen LogP contribution in [0.3, 0.4) is 0 Å². The molecule has 0 fully saturated rings. The van der Waals surface area contributed by atoms with Crippen molar-refractivity contribution in [2.75, 3.05) is 0 Å². The van der Waals surface area contributed by atoms with Crippen LogP contribution in [0, 0.1) is 6.92 Å². The number of benzene rings is 1. The second-order valence-corrected chi connectivity index (χ2v) is 5.51. The summed E-state index contributed by atoms with van der Waals surface area (Å²) < 4.78 is 39.5. The summed E-state index contributed by atoms with van der Waals surface area (Å²) in [7, 11) is 0. The zero-order valence-corrected chi connectivity index (χ0v) is 13.1. The van der Waals surface area contributed by atoms with Gasteiger partial charge in [-0.15, -0.1) is 0 Å². The number of hydrogen-bond acceptors (Lipinski definition) is 5. The number of rotatable bonds is 3. The topological polar surface area (TPSA) is 80.9 Å². The molecule has 1 aromatic carbocycles. The SMILES string of the molecule is Cc1cc(Cn2ncc3cc(CO)ccc3c2=O)nc(C(F)(F)F)n1. The third-order valence-corrected chi connectivity index (χ3v) is 3.57. The number of aryl methyl sites for hydroxylation is 1. The summed E-state index contributed by atoms with van der Waals surface area (Å²) in [6.45, 7) is 1.05. The Morgan fingerprint density at radius 1 is 1.20 bits per heavy atom. The van der Waals surface area contributed by atoms with Crippen molar-refractivity contribution in [2.45, 2.75) is 26.3 Å². The van der Waals surface area contributed by atoms with E-state index in [4.69, 9.17) is 5.11 Å². The number of nitrogens with zero attached hydrogens (tertiary/aromatic N) is 4. The smallest absolute Gasteiger partial charge is 0.392 e. The number of halogens is 3. The van der Waals surface area contributed by atoms with Crippen LogP contribution in [0.1, 0.15) is 22.8 Å². The first-order chi connectivity index (χ1) is 11.8. The van der Waals surface area contributed by atoms with E-state index < -0.39 is 17.6 Å². The molecule has 0 bridgehead atoms. The fraction of sp³-hybridized carbons (Fsp3) is 0.250. The van der Waals surface area contributed by atoms with Crippen molar-refractivity contribution in [2.24, 2.45) is 0 Å². The van der Waals surface area contributed by atoms with E-state index in [-0.39, 0.29) is 24.5 Å². The molecule has 0 unspecified atom stereocenters. The minimum absolute atomic E-state index is 0.0424. The van der Waals surface area contributed by atoms with Crippen LogP contribution in [-0.2, 0) is 19.3 Å². The summed E-state index contributed by atoms with van der Waals surface area (Å²) >= 11 is 0. The highest BCUT2D eigenvalue weighted by Gasteiger charge is 2.35. The lowest BCUT2D eigenvalue weighted by Gasteiger charge is -2.10. The Morgan fingerprint density at radius 2 is 1.96 bits per heavy atom. The van der Waals surface area contributed by atoms with Crippen LogP contribution < -0.4 is 5.56 Å². The van der Waals surface area contributed by atoms with E-state index in [0.717, 1.165) is 4.68 Å². The minimum atomic E-state index is -4.66. The highest BCUT2D eigenvalue weighted by Crippen LogP contribution is 2.26. The van der Waals surface area contributed by atoms with Crippen LogP contribution in [0.2, 0.25) is 0 Å². The molecule has 0 spiro atoms. The van der Waals surface area contributed by atoms with E-state index in [2.05, 4.69) is 15.1 Å². The Bertz CT molecular complexity index is 999. The number of aliphatic hydroxyl groups excluding tert-OH is 1. The molecule has 25 heavy (non-hydrogen) atoms. The lowest BCUT2D eigenvalue weighted by Crippen LogP contribution is -2.24. The number of alkyl halides is 3. The summed E-state index contributed by atoms with van der Waals surface area (Å²) in [5.41, 5.74) is 0.374. The largest absolute Gasteiger partial charge is 0.451 e. The van der Waals surface area contributed by atoms with Gasteiger partial charge in [0.2, 0.25) is 5.82 Å². The maximum Gasteiger partial charge on any atom is 0.451 e. The maximum atomic E-state index is 12.8. The molecule has 0 amide bonds. The molecule has 2 aromatic heterocycles. The van der Waals surface area contributed by atoms with Gasteiger partial charge in [0.15, 0.2) is 0 Å². The van der Waals surface area contributed by atoms with Crippen LogP contribution in [0.25, 0.3) is 10.8 Å². The van der Waals surface area contributed by atoms with E-state index in [9.17, 15) is 18.0 Å². The first-order valence-electron chi connectivity index (χ1n) is 7.29. The van der Waals surface area contributed by atoms with Gasteiger partial charge in [-0.3, -0.25) is 4.79 Å². The van der Waals surface area contributed by atoms with Gasteiger partial charge < -0.3 is 5.11 Å². The molecular weight excluding hydrogens is 337 g/mol. The van der Waals surface area contributed by atoms with Gasteiger partial charge in [0, 0.05) is 11.1 Å². The number of aliphatic hydroxyl groups is 1. The molecule has 130 valence electrons. The number of fused-ring (bicyclic) bond motifs is 1. The van der Waals surface area contributed by atoms with E-state index in [1.807, 2.05) is 0 Å². The normalized spacial score (nSPS) is 11.9. The Kier molecular flexibility index (Phi) is 4.25. The van der Waals surface area contributed by atoms with Crippen LogP contribution >= 0.6 is 0 Å². The van der Waals surface area contributed by atoms with Gasteiger partial charge in [0.05, 0.1) is 30.4 Å². The summed E-state index contributed by atoms with van der Waals surface area (Å²) in [5, 5.41) is 14.0. The van der Waals surface area contributed by atoms with Gasteiger partial charge in [-0.25, -0.2) is 14.6 Å². The number of aromatic nitrogens is 4. The molecule has 0 atom stereocenters. The second-order valence-electron chi connectivity index (χ2n) is 5.51. The molecule has 3 aromatic rings. The van der Waals surface area contributed by atoms with Crippen molar-refractivity contribution in [3.63, 3.8) is 0 Å². The van der Waals surface area contributed by atoms with Gasteiger partial charge in [-0.05, 0) is 30.7 Å². The molecule has 9 heteroatoms. The predicted octanol–water partition coefficient (Wildman–Crippen LogP) is 2.05. The Labute approximate surface area is 139 Å². The van der Waals surface area contributed by atoms with E-state index in [0.29, 0.717) is 16.3 Å². The zero-order valence-electron chi connectivity index (χ0n) is 13.1. The molecule has 1 N–H and O–H groups in total. The highest BCUT2D eigenvalue weighted by atomic mass is 19.4. The zero-order chi connectivity index (χ0) is 18.2. The predicted molar refractivity (Wildman–Crippen MR) is 82.8 cm³/mol. The molecule has 3 rings (SSSR count). The van der Waals surface area contributed by atoms with Gasteiger partial charge in [-0.2, -0.15) is 18.3 Å². The monoisotopic (exact) mass is 350 g/mol. The molecular formula is C16H13F3N4O2. The quantitative estimate of drug-likeness (QED) is 0.782. The van der Waals surface area contributed by atoms with Crippen molar-refractivity contribution in [1.82, 2.24) is 19.7 Å². The van der Waals surface area contributed by atoms with Gasteiger partial charge in [0.1, 0.15) is 0 Å². The van der Waals surface area contributed by atoms with Crippen LogP contribution in [0.5, 0.6) is 0 Å². The lowest BCUT2D eigenvalue weighted by molar-refractivity contribution is -0.145. The van der Waals surface area contributed by atoms with E-state index >= 15 is 0 Å². The van der Waals surface area contributed by atoms with Crippen molar-refractivity contribution < 1.29 is 18.3 Å². The fourth-order valence-electron chi connectivity index (χ4n) is 2.44. The van der Waals surface area contributed by atoms with E-state index in [1.165, 1.54) is 19.2 Å². The summed E-state index contributed by atoms with van der Waals surface area (Å²) in [6.07, 6.45) is -3.24. The van der Waals surface area contributed by atoms with Crippen LogP contribution in [-0.4, -0.2) is 24.9 Å². The molecule has 6 nitrogen and oxygen atoms in total. The second kappa shape index (κ2) is 6.25. The molecule has 0 aliphatic carbocycles. The molecule has 0 saturated carbocycles. The van der Waals surface area contributed by atoms with Crippen molar-refractivity contribution in [1.29, 1.82) is 0 Å². The average Bonchev–Trinajstić information content (AvgIpc) is 2.56. The van der Waals surface area contributed by atoms with Crippen molar-refractivity contribution in [3.05, 3.63) is 63.6 Å². The van der Waals surface area contributed by atoms with Crippen LogP contribution in [0.4, 0.5) is 13.2 Å². The van der Waals surface area contributed by atoms with Crippen molar-refractivity contribution >= 4 is 10.8 Å². The van der Waals surface area contributed by atoms with Gasteiger partial charge >= 0.3 is 6.18 Å². The molecule has 0 radical (unpaired) electrons. The maximum absolute atomic E-state index is 12.8. The van der Waals surface area contributed by atoms with Crippen LogP contribution in [0.15, 0.2) is 35.3 Å². The standard InChI is InChI=1S/C16H13F3N4O2/c1-9-4-12(22-15(21-9)16(17,18)19)7-23-14(25)13-3-2-10(8-24)5-11(13)6-20-23/h2-6,24H,7-8H2,1H3. The lowest BCUT2D eigenvalue weighted by atomic mass is 10.1. The van der Waals surface area contributed by atoms with Crippen molar-refractivity contribution in [3.8, 4) is 0 Å². The third-order valence-electron chi connectivity index (χ3n) is 3.57. The Morgan fingerprint density at radius 3 is 2.64 bits per heavy atom. The summed E-state index contributed by atoms with van der Waals surface area (Å²) in [6, 6.07) is 6.16. The highest BCUT2D eigenvalue weighted by molar-refractivity contribution is 5.81. The number of hydrogen-bond donors (Lipinski definition) is 1. The molecule has 0 aliphatic rings. The first kappa shape index (κ1) is 17.0. The Hall–Kier alpha value is -2.81. The molecule has 0 aliphatic heterocycles. The first-order valence-corrected chi connectivity index (χ1v) is 7.29. The minimum Gasteiger partial charge on any atom is -0.392 e. The fourth-order valence-corrected chi connectivity index (χ4v) is 2.44. The summed E-state index contributed by atoms with van der Waals surface area (Å²) in [4.78, 5) is 19.3. The third kappa shape index (κ3) is 3.50. The van der Waals surface area contributed by atoms with Gasteiger partial charge in [-0.1, -0.05) is 6.07 Å². The molecule has 2 heterocycles.